The third-order valence-corrected chi connectivity index (χ3v) is 5.15. The molecule has 0 aliphatic heterocycles. The maximum absolute atomic E-state index is 5.67. The molecule has 3 aromatic heterocycles. The van der Waals surface area contributed by atoms with Crippen LogP contribution in [0.5, 0.6) is 6.01 Å². The molecule has 25 heavy (non-hydrogen) atoms. The minimum Gasteiger partial charge on any atom is -0.463 e. The van der Waals surface area contributed by atoms with Gasteiger partial charge in [0, 0.05) is 22.4 Å². The van der Waals surface area contributed by atoms with Gasteiger partial charge in [0.25, 0.3) is 0 Å². The highest BCUT2D eigenvalue weighted by molar-refractivity contribution is 7.98. The molecule has 0 spiro atoms. The molecule has 3 rings (SSSR count). The predicted molar refractivity (Wildman–Crippen MR) is 101 cm³/mol. The molecule has 0 bridgehead atoms. The highest BCUT2D eigenvalue weighted by Crippen LogP contribution is 2.25. The lowest BCUT2D eigenvalue weighted by Gasteiger charge is -2.08. The van der Waals surface area contributed by atoms with E-state index in [1.54, 1.807) is 23.1 Å². The molecule has 0 saturated carbocycles. The van der Waals surface area contributed by atoms with Crippen LogP contribution in [0.2, 0.25) is 0 Å². The molecule has 0 atom stereocenters. The summed E-state index contributed by atoms with van der Waals surface area (Å²) in [5, 5.41) is 12.8. The Bertz CT molecular complexity index is 790. The van der Waals surface area contributed by atoms with Crippen LogP contribution in [-0.4, -0.2) is 31.8 Å². The highest BCUT2D eigenvalue weighted by Gasteiger charge is 2.10. The summed E-state index contributed by atoms with van der Waals surface area (Å²) < 4.78 is 5.67. The van der Waals surface area contributed by atoms with Crippen LogP contribution in [0.15, 0.2) is 28.7 Å². The van der Waals surface area contributed by atoms with E-state index in [0.29, 0.717) is 29.5 Å². The number of unbranched alkanes of at least 4 members (excludes halogenated alkanes) is 1. The molecular formula is C16H20N6OS2. The normalized spacial score (nSPS) is 10.8. The SMILES string of the molecule is CCCCOc1nc(Nc2cc(C)[nH]n2)nc(SCc2cccs2)n1. The van der Waals surface area contributed by atoms with Crippen LogP contribution in [0.4, 0.5) is 11.8 Å². The number of thiophene rings is 1. The summed E-state index contributed by atoms with van der Waals surface area (Å²) in [6.07, 6.45) is 2.02. The van der Waals surface area contributed by atoms with Crippen molar-refractivity contribution in [1.29, 1.82) is 0 Å². The van der Waals surface area contributed by atoms with Gasteiger partial charge < -0.3 is 10.1 Å². The molecule has 0 saturated heterocycles. The molecule has 0 aromatic carbocycles. The third-order valence-electron chi connectivity index (χ3n) is 3.19. The molecule has 9 heteroatoms. The average molecular weight is 377 g/mol. The molecule has 132 valence electrons. The Morgan fingerprint density at radius 1 is 1.32 bits per heavy atom. The Balaban J connectivity index is 1.74. The fourth-order valence-electron chi connectivity index (χ4n) is 1.96. The van der Waals surface area contributed by atoms with Crippen molar-refractivity contribution in [2.75, 3.05) is 11.9 Å². The van der Waals surface area contributed by atoms with E-state index in [1.807, 2.05) is 19.1 Å². The van der Waals surface area contributed by atoms with Crippen LogP contribution in [-0.2, 0) is 5.75 Å². The Labute approximate surface area is 154 Å². The van der Waals surface area contributed by atoms with Gasteiger partial charge in [-0.25, -0.2) is 0 Å². The lowest BCUT2D eigenvalue weighted by Crippen LogP contribution is -2.06. The van der Waals surface area contributed by atoms with Gasteiger partial charge in [0.05, 0.1) is 6.61 Å². The predicted octanol–water partition coefficient (Wildman–Crippen LogP) is 4.18. The number of aromatic nitrogens is 5. The summed E-state index contributed by atoms with van der Waals surface area (Å²) in [4.78, 5) is 14.5. The van der Waals surface area contributed by atoms with Crippen molar-refractivity contribution in [3.8, 4) is 6.01 Å². The zero-order valence-electron chi connectivity index (χ0n) is 14.2. The molecule has 3 aromatic rings. The second-order valence-electron chi connectivity index (χ2n) is 5.36. The number of rotatable bonds is 9. The average Bonchev–Trinajstić information content (AvgIpc) is 3.25. The molecule has 0 radical (unpaired) electrons. The topological polar surface area (TPSA) is 88.6 Å². The molecular weight excluding hydrogens is 356 g/mol. The number of nitrogens with zero attached hydrogens (tertiary/aromatic N) is 4. The summed E-state index contributed by atoms with van der Waals surface area (Å²) in [6.45, 7) is 4.65. The van der Waals surface area contributed by atoms with E-state index in [0.717, 1.165) is 24.3 Å². The minimum atomic E-state index is 0.340. The van der Waals surface area contributed by atoms with E-state index in [1.165, 1.54) is 4.88 Å². The highest BCUT2D eigenvalue weighted by atomic mass is 32.2. The molecule has 2 N–H and O–H groups in total. The van der Waals surface area contributed by atoms with Gasteiger partial charge in [-0.05, 0) is 24.8 Å². The standard InChI is InChI=1S/C16H20N6OS2/c1-3-4-7-23-15-18-14(17-13-9-11(2)21-22-13)19-16(20-15)25-10-12-6-5-8-24-12/h5-6,8-9H,3-4,7,10H2,1-2H3,(H2,17,18,19,20,21,22). The number of hydrogen-bond acceptors (Lipinski definition) is 8. The van der Waals surface area contributed by atoms with Gasteiger partial charge in [0.2, 0.25) is 5.95 Å². The van der Waals surface area contributed by atoms with Crippen molar-refractivity contribution >= 4 is 34.9 Å². The quantitative estimate of drug-likeness (QED) is 0.428. The zero-order valence-corrected chi connectivity index (χ0v) is 15.8. The summed E-state index contributed by atoms with van der Waals surface area (Å²) >= 11 is 3.28. The van der Waals surface area contributed by atoms with E-state index in [-0.39, 0.29) is 0 Å². The number of nitrogens with one attached hydrogen (secondary N) is 2. The molecule has 0 fully saturated rings. The monoisotopic (exact) mass is 376 g/mol. The second kappa shape index (κ2) is 8.82. The Hall–Kier alpha value is -2.13. The van der Waals surface area contributed by atoms with Crippen LogP contribution in [0.1, 0.15) is 30.3 Å². The van der Waals surface area contributed by atoms with Crippen molar-refractivity contribution in [1.82, 2.24) is 25.1 Å². The van der Waals surface area contributed by atoms with Gasteiger partial charge in [0.15, 0.2) is 11.0 Å². The van der Waals surface area contributed by atoms with Crippen molar-refractivity contribution in [2.24, 2.45) is 0 Å². The van der Waals surface area contributed by atoms with Crippen molar-refractivity contribution in [3.05, 3.63) is 34.2 Å². The van der Waals surface area contributed by atoms with Gasteiger partial charge in [0.1, 0.15) is 0 Å². The van der Waals surface area contributed by atoms with E-state index in [2.05, 4.69) is 48.8 Å². The first kappa shape index (κ1) is 17.7. The van der Waals surface area contributed by atoms with Gasteiger partial charge in [-0.3, -0.25) is 5.10 Å². The van der Waals surface area contributed by atoms with Crippen LogP contribution in [0, 0.1) is 6.92 Å². The number of aromatic amines is 1. The molecule has 7 nitrogen and oxygen atoms in total. The number of anilines is 2. The largest absolute Gasteiger partial charge is 0.463 e. The number of ether oxygens (including phenoxy) is 1. The zero-order chi connectivity index (χ0) is 17.5. The Kier molecular flexibility index (Phi) is 6.24. The first-order chi connectivity index (χ1) is 12.2. The smallest absolute Gasteiger partial charge is 0.322 e. The lowest BCUT2D eigenvalue weighted by atomic mass is 10.4. The van der Waals surface area contributed by atoms with Gasteiger partial charge in [-0.1, -0.05) is 31.2 Å². The Morgan fingerprint density at radius 2 is 2.24 bits per heavy atom. The number of H-pyrrole nitrogens is 1. The summed E-state index contributed by atoms with van der Waals surface area (Å²) in [5.41, 5.74) is 0.961. The van der Waals surface area contributed by atoms with Crippen LogP contribution >= 0.6 is 23.1 Å². The fourth-order valence-corrected chi connectivity index (χ4v) is 3.56. The number of hydrogen-bond donors (Lipinski definition) is 2. The maximum atomic E-state index is 5.67. The fraction of sp³-hybridized carbons (Fsp3) is 0.375. The first-order valence-corrected chi connectivity index (χ1v) is 9.92. The number of thioether (sulfide) groups is 1. The van der Waals surface area contributed by atoms with Crippen LogP contribution in [0.25, 0.3) is 0 Å². The van der Waals surface area contributed by atoms with Gasteiger partial charge in [-0.2, -0.15) is 20.1 Å². The summed E-state index contributed by atoms with van der Waals surface area (Å²) in [7, 11) is 0. The van der Waals surface area contributed by atoms with Crippen molar-refractivity contribution in [3.63, 3.8) is 0 Å². The van der Waals surface area contributed by atoms with Gasteiger partial charge in [-0.15, -0.1) is 11.3 Å². The summed E-state index contributed by atoms with van der Waals surface area (Å²) in [6, 6.07) is 6.37. The molecule has 3 heterocycles. The van der Waals surface area contributed by atoms with Crippen LogP contribution in [0.3, 0.4) is 0 Å². The maximum Gasteiger partial charge on any atom is 0.322 e. The number of aryl methyl sites for hydroxylation is 1. The molecule has 0 aliphatic carbocycles. The first-order valence-electron chi connectivity index (χ1n) is 8.06. The summed E-state index contributed by atoms with van der Waals surface area (Å²) in [5.74, 6) is 1.91. The van der Waals surface area contributed by atoms with Crippen molar-refractivity contribution in [2.45, 2.75) is 37.6 Å². The molecule has 0 unspecified atom stereocenters. The van der Waals surface area contributed by atoms with Gasteiger partial charge >= 0.3 is 6.01 Å². The lowest BCUT2D eigenvalue weighted by molar-refractivity contribution is 0.282. The second-order valence-corrected chi connectivity index (χ2v) is 7.33. The van der Waals surface area contributed by atoms with E-state index < -0.39 is 0 Å². The van der Waals surface area contributed by atoms with Crippen molar-refractivity contribution < 1.29 is 4.74 Å². The van der Waals surface area contributed by atoms with E-state index in [4.69, 9.17) is 4.74 Å². The minimum absolute atomic E-state index is 0.340. The molecule has 0 aliphatic rings. The van der Waals surface area contributed by atoms with E-state index in [9.17, 15) is 0 Å². The molecule has 0 amide bonds. The Morgan fingerprint density at radius 3 is 2.96 bits per heavy atom. The van der Waals surface area contributed by atoms with E-state index >= 15 is 0 Å². The third kappa shape index (κ3) is 5.43. The van der Waals surface area contributed by atoms with Crippen LogP contribution < -0.4 is 10.1 Å².